The van der Waals surface area contributed by atoms with Gasteiger partial charge in [-0.1, -0.05) is 0 Å². The van der Waals surface area contributed by atoms with Crippen molar-refractivity contribution in [1.29, 1.82) is 0 Å². The van der Waals surface area contributed by atoms with Crippen molar-refractivity contribution >= 4 is 5.78 Å². The van der Waals surface area contributed by atoms with Gasteiger partial charge in [0.25, 0.3) is 0 Å². The second kappa shape index (κ2) is 4.73. The molecule has 2 fully saturated rings. The molecular formula is C17H21NO3. The number of hydrogen-bond acceptors (Lipinski definition) is 4. The molecule has 1 aromatic rings. The zero-order valence-electron chi connectivity index (χ0n) is 12.4. The first-order chi connectivity index (χ1) is 10.2. The third kappa shape index (κ3) is 2.13. The van der Waals surface area contributed by atoms with Crippen LogP contribution in [0.15, 0.2) is 18.2 Å². The fourth-order valence-electron chi connectivity index (χ4n) is 4.15. The third-order valence-electron chi connectivity index (χ3n) is 5.26. The van der Waals surface area contributed by atoms with Crippen molar-refractivity contribution in [3.05, 3.63) is 23.8 Å². The number of rotatable bonds is 1. The number of ketones is 1. The molecule has 2 unspecified atom stereocenters. The molecule has 3 aliphatic heterocycles. The number of Topliss-reactive ketones (excluding diaryl/α,β-unsaturated/α-hetero) is 1. The molecule has 2 saturated heterocycles. The zero-order chi connectivity index (χ0) is 14.4. The van der Waals surface area contributed by atoms with Gasteiger partial charge in [0.15, 0.2) is 5.78 Å². The largest absolute Gasteiger partial charge is 0.497 e. The molecule has 4 rings (SSSR count). The Morgan fingerprint density at radius 2 is 2.29 bits per heavy atom. The van der Waals surface area contributed by atoms with Gasteiger partial charge in [-0.05, 0) is 31.5 Å². The molecule has 0 saturated carbocycles. The van der Waals surface area contributed by atoms with Gasteiger partial charge in [0.2, 0.25) is 0 Å². The number of benzene rings is 1. The molecule has 3 heterocycles. The number of carbonyl (C=O) groups excluding carboxylic acids is 1. The number of piperidine rings is 1. The van der Waals surface area contributed by atoms with E-state index < -0.39 is 0 Å². The van der Waals surface area contributed by atoms with Gasteiger partial charge in [-0.15, -0.1) is 0 Å². The molecule has 0 amide bonds. The minimum atomic E-state index is -0.290. The van der Waals surface area contributed by atoms with E-state index in [1.165, 1.54) is 19.4 Å². The molecule has 4 nitrogen and oxygen atoms in total. The zero-order valence-corrected chi connectivity index (χ0v) is 12.4. The van der Waals surface area contributed by atoms with Crippen LogP contribution in [0.5, 0.6) is 11.5 Å². The monoisotopic (exact) mass is 287 g/mol. The van der Waals surface area contributed by atoms with E-state index in [0.717, 1.165) is 25.1 Å². The lowest BCUT2D eigenvalue weighted by atomic mass is 9.79. The van der Waals surface area contributed by atoms with Crippen molar-refractivity contribution in [2.75, 3.05) is 20.2 Å². The lowest BCUT2D eigenvalue weighted by Gasteiger charge is -2.46. The van der Waals surface area contributed by atoms with Crippen LogP contribution in [-0.4, -0.2) is 42.5 Å². The maximum Gasteiger partial charge on any atom is 0.170 e. The molecular weight excluding hydrogens is 266 g/mol. The lowest BCUT2D eigenvalue weighted by Crippen LogP contribution is -2.53. The summed E-state index contributed by atoms with van der Waals surface area (Å²) in [7, 11) is 1.64. The van der Waals surface area contributed by atoms with Gasteiger partial charge in [0.05, 0.1) is 19.1 Å². The summed E-state index contributed by atoms with van der Waals surface area (Å²) in [5, 5.41) is 0. The number of fused-ring (bicyclic) bond motifs is 2. The molecule has 3 aliphatic rings. The lowest BCUT2D eigenvalue weighted by molar-refractivity contribution is -0.0229. The molecule has 2 atom stereocenters. The Bertz CT molecular complexity index is 585. The Morgan fingerprint density at radius 1 is 1.38 bits per heavy atom. The highest BCUT2D eigenvalue weighted by molar-refractivity contribution is 6.00. The number of hydrogen-bond donors (Lipinski definition) is 0. The summed E-state index contributed by atoms with van der Waals surface area (Å²) >= 11 is 0. The van der Waals surface area contributed by atoms with Crippen molar-refractivity contribution in [2.24, 2.45) is 0 Å². The molecule has 0 radical (unpaired) electrons. The van der Waals surface area contributed by atoms with Crippen LogP contribution < -0.4 is 9.47 Å². The average Bonchev–Trinajstić information content (AvgIpc) is 2.93. The van der Waals surface area contributed by atoms with Crippen molar-refractivity contribution in [3.63, 3.8) is 0 Å². The van der Waals surface area contributed by atoms with Crippen LogP contribution >= 0.6 is 0 Å². The number of carbonyl (C=O) groups is 1. The van der Waals surface area contributed by atoms with Crippen LogP contribution in [-0.2, 0) is 0 Å². The number of methoxy groups -OCH3 is 1. The van der Waals surface area contributed by atoms with Crippen molar-refractivity contribution < 1.29 is 14.3 Å². The Labute approximate surface area is 125 Å². The summed E-state index contributed by atoms with van der Waals surface area (Å²) in [6.45, 7) is 2.26. The number of nitrogens with zero attached hydrogens (tertiary/aromatic N) is 1. The molecule has 21 heavy (non-hydrogen) atoms. The van der Waals surface area contributed by atoms with E-state index in [1.54, 1.807) is 7.11 Å². The molecule has 0 aromatic heterocycles. The summed E-state index contributed by atoms with van der Waals surface area (Å²) < 4.78 is 11.6. The van der Waals surface area contributed by atoms with E-state index in [4.69, 9.17) is 9.47 Å². The molecule has 1 aromatic carbocycles. The molecule has 0 bridgehead atoms. The Morgan fingerprint density at radius 3 is 3.14 bits per heavy atom. The first-order valence-corrected chi connectivity index (χ1v) is 7.83. The van der Waals surface area contributed by atoms with E-state index in [-0.39, 0.29) is 11.4 Å². The molecule has 1 spiro atoms. The normalized spacial score (nSPS) is 31.7. The second-order valence-corrected chi connectivity index (χ2v) is 6.53. The Kier molecular flexibility index (Phi) is 2.96. The van der Waals surface area contributed by atoms with Gasteiger partial charge < -0.3 is 14.4 Å². The Balaban J connectivity index is 1.65. The summed E-state index contributed by atoms with van der Waals surface area (Å²) in [4.78, 5) is 15.1. The summed E-state index contributed by atoms with van der Waals surface area (Å²) in [6, 6.07) is 6.11. The standard InChI is InChI=1S/C17H21NO3/c1-20-13-4-5-14-15(19)11-17(21-16(14)9-13)6-8-18-7-2-3-12(18)10-17/h4-5,9,12H,2-3,6-8,10-11H2,1H3. The van der Waals surface area contributed by atoms with Crippen molar-refractivity contribution in [2.45, 2.75) is 43.7 Å². The topological polar surface area (TPSA) is 38.8 Å². The van der Waals surface area contributed by atoms with E-state index in [1.807, 2.05) is 18.2 Å². The van der Waals surface area contributed by atoms with Gasteiger partial charge in [0, 0.05) is 31.5 Å². The second-order valence-electron chi connectivity index (χ2n) is 6.53. The van der Waals surface area contributed by atoms with Crippen LogP contribution in [0.3, 0.4) is 0 Å². The number of ether oxygens (including phenoxy) is 2. The SMILES string of the molecule is COc1ccc2c(c1)OC1(CCN3CCCC3C1)CC2=O. The van der Waals surface area contributed by atoms with E-state index in [9.17, 15) is 4.79 Å². The minimum Gasteiger partial charge on any atom is -0.497 e. The maximum absolute atomic E-state index is 12.5. The van der Waals surface area contributed by atoms with Crippen LogP contribution in [0, 0.1) is 0 Å². The highest BCUT2D eigenvalue weighted by Crippen LogP contribution is 2.43. The van der Waals surface area contributed by atoms with E-state index >= 15 is 0 Å². The third-order valence-corrected chi connectivity index (χ3v) is 5.26. The molecule has 112 valence electrons. The van der Waals surface area contributed by atoms with Crippen LogP contribution in [0.4, 0.5) is 0 Å². The summed E-state index contributed by atoms with van der Waals surface area (Å²) in [6.07, 6.45) is 4.97. The van der Waals surface area contributed by atoms with E-state index in [2.05, 4.69) is 4.90 Å². The van der Waals surface area contributed by atoms with Gasteiger partial charge >= 0.3 is 0 Å². The predicted octanol–water partition coefficient (Wildman–Crippen LogP) is 2.66. The molecule has 4 heteroatoms. The summed E-state index contributed by atoms with van der Waals surface area (Å²) in [5.74, 6) is 1.67. The fourth-order valence-corrected chi connectivity index (χ4v) is 4.15. The maximum atomic E-state index is 12.5. The van der Waals surface area contributed by atoms with Crippen LogP contribution in [0.2, 0.25) is 0 Å². The van der Waals surface area contributed by atoms with Gasteiger partial charge in [-0.25, -0.2) is 0 Å². The van der Waals surface area contributed by atoms with Crippen LogP contribution in [0.25, 0.3) is 0 Å². The Hall–Kier alpha value is -1.55. The van der Waals surface area contributed by atoms with Crippen molar-refractivity contribution in [1.82, 2.24) is 4.90 Å². The van der Waals surface area contributed by atoms with Gasteiger partial charge in [0.1, 0.15) is 17.1 Å². The minimum absolute atomic E-state index is 0.213. The van der Waals surface area contributed by atoms with E-state index in [0.29, 0.717) is 23.8 Å². The highest BCUT2D eigenvalue weighted by Gasteiger charge is 2.47. The first-order valence-electron chi connectivity index (χ1n) is 7.83. The first kappa shape index (κ1) is 13.1. The van der Waals surface area contributed by atoms with Gasteiger partial charge in [-0.2, -0.15) is 0 Å². The van der Waals surface area contributed by atoms with Crippen molar-refractivity contribution in [3.8, 4) is 11.5 Å². The molecule has 0 aliphatic carbocycles. The van der Waals surface area contributed by atoms with Crippen LogP contribution in [0.1, 0.15) is 42.5 Å². The average molecular weight is 287 g/mol. The fraction of sp³-hybridized carbons (Fsp3) is 0.588. The quantitative estimate of drug-likeness (QED) is 0.796. The predicted molar refractivity (Wildman–Crippen MR) is 79.1 cm³/mol. The van der Waals surface area contributed by atoms with Gasteiger partial charge in [-0.3, -0.25) is 4.79 Å². The molecule has 0 N–H and O–H groups in total. The highest BCUT2D eigenvalue weighted by atomic mass is 16.5. The summed E-state index contributed by atoms with van der Waals surface area (Å²) in [5.41, 5.74) is 0.414. The smallest absolute Gasteiger partial charge is 0.170 e.